The number of fused-ring (bicyclic) bond motifs is 1. The fraction of sp³-hybridized carbons (Fsp3) is 0.462. The number of urea groups is 1. The van der Waals surface area contributed by atoms with E-state index >= 15 is 0 Å². The van der Waals surface area contributed by atoms with Crippen molar-refractivity contribution < 1.29 is 31.6 Å². The highest BCUT2D eigenvalue weighted by Crippen LogP contribution is 2.29. The van der Waals surface area contributed by atoms with E-state index in [1.807, 2.05) is 0 Å². The summed E-state index contributed by atoms with van der Waals surface area (Å²) in [7, 11) is -1.11. The van der Waals surface area contributed by atoms with Gasteiger partial charge in [0, 0.05) is 39.6 Å². The molecular formula is C13H18N2O7S. The van der Waals surface area contributed by atoms with Crippen molar-refractivity contribution in [3.05, 3.63) is 23.8 Å². The van der Waals surface area contributed by atoms with Gasteiger partial charge in [-0.25, -0.2) is 4.79 Å². The number of carbonyl (C=O) groups is 1. The van der Waals surface area contributed by atoms with E-state index in [4.69, 9.17) is 18.4 Å². The SMILES string of the molecule is COC(OC)(OC)S(=O)(=O)Oc1ccc2c(c1)NC(=O)NCC2. The number of nitrogens with one attached hydrogen (secondary N) is 2. The van der Waals surface area contributed by atoms with Crippen molar-refractivity contribution in [2.45, 2.75) is 11.7 Å². The van der Waals surface area contributed by atoms with Crippen LogP contribution in [0.25, 0.3) is 0 Å². The van der Waals surface area contributed by atoms with E-state index in [9.17, 15) is 13.2 Å². The van der Waals surface area contributed by atoms with Crippen LogP contribution < -0.4 is 14.8 Å². The van der Waals surface area contributed by atoms with Gasteiger partial charge in [0.05, 0.1) is 0 Å². The first-order valence-electron chi connectivity index (χ1n) is 6.64. The minimum atomic E-state index is -4.43. The lowest BCUT2D eigenvalue weighted by molar-refractivity contribution is -0.293. The molecule has 2 amide bonds. The summed E-state index contributed by atoms with van der Waals surface area (Å²) in [5, 5.41) is 2.87. The van der Waals surface area contributed by atoms with Gasteiger partial charge in [0.1, 0.15) is 5.75 Å². The van der Waals surface area contributed by atoms with Crippen LogP contribution in [0.5, 0.6) is 5.75 Å². The highest BCUT2D eigenvalue weighted by molar-refractivity contribution is 7.88. The maximum absolute atomic E-state index is 12.3. The lowest BCUT2D eigenvalue weighted by Crippen LogP contribution is -2.46. The third kappa shape index (κ3) is 3.39. The Morgan fingerprint density at radius 2 is 1.78 bits per heavy atom. The third-order valence-corrected chi connectivity index (χ3v) is 4.80. The second kappa shape index (κ2) is 6.71. The summed E-state index contributed by atoms with van der Waals surface area (Å²) in [4.78, 5) is 11.5. The van der Waals surface area contributed by atoms with Gasteiger partial charge in [0.25, 0.3) is 0 Å². The van der Waals surface area contributed by atoms with Gasteiger partial charge in [-0.1, -0.05) is 6.07 Å². The van der Waals surface area contributed by atoms with Crippen LogP contribution in [0.4, 0.5) is 10.5 Å². The number of carbonyl (C=O) groups excluding carboxylic acids is 1. The molecule has 0 fully saturated rings. The van der Waals surface area contributed by atoms with Gasteiger partial charge in [-0.3, -0.25) is 0 Å². The zero-order valence-electron chi connectivity index (χ0n) is 12.9. The Balaban J connectivity index is 2.32. The molecule has 0 saturated heterocycles. The maximum Gasteiger partial charge on any atom is 0.429 e. The average Bonchev–Trinajstić information content (AvgIpc) is 2.69. The first kappa shape index (κ1) is 17.5. The van der Waals surface area contributed by atoms with E-state index in [1.165, 1.54) is 12.1 Å². The van der Waals surface area contributed by atoms with Gasteiger partial charge in [-0.05, 0) is 18.1 Å². The molecule has 0 aromatic heterocycles. The lowest BCUT2D eigenvalue weighted by atomic mass is 10.1. The largest absolute Gasteiger partial charge is 0.429 e. The molecule has 1 aliphatic rings. The molecule has 0 atom stereocenters. The molecule has 1 aliphatic heterocycles. The summed E-state index contributed by atoms with van der Waals surface area (Å²) in [6.07, 6.45) is 0.610. The summed E-state index contributed by atoms with van der Waals surface area (Å²) in [6.45, 7) is 0.484. The van der Waals surface area contributed by atoms with Crippen molar-refractivity contribution >= 4 is 21.8 Å². The third-order valence-electron chi connectivity index (χ3n) is 3.27. The Morgan fingerprint density at radius 3 is 2.39 bits per heavy atom. The topological polar surface area (TPSA) is 112 Å². The first-order chi connectivity index (χ1) is 10.9. The fourth-order valence-corrected chi connectivity index (χ4v) is 3.22. The summed E-state index contributed by atoms with van der Waals surface area (Å²) in [5.74, 6) is -0.0125. The van der Waals surface area contributed by atoms with Crippen molar-refractivity contribution in [1.82, 2.24) is 5.32 Å². The zero-order valence-corrected chi connectivity index (χ0v) is 13.7. The van der Waals surface area contributed by atoms with Crippen LogP contribution in [-0.2, 0) is 30.7 Å². The van der Waals surface area contributed by atoms with Gasteiger partial charge < -0.3 is 29.0 Å². The molecule has 0 unspecified atom stereocenters. The molecule has 0 bridgehead atoms. The van der Waals surface area contributed by atoms with Gasteiger partial charge in [-0.2, -0.15) is 8.42 Å². The number of ether oxygens (including phenoxy) is 3. The Bertz CT molecular complexity index is 677. The molecule has 0 spiro atoms. The van der Waals surface area contributed by atoms with Crippen LogP contribution in [0, 0.1) is 0 Å². The van der Waals surface area contributed by atoms with Gasteiger partial charge in [0.2, 0.25) is 0 Å². The quantitative estimate of drug-likeness (QED) is 0.574. The number of hydrogen-bond donors (Lipinski definition) is 2. The van der Waals surface area contributed by atoms with E-state index in [-0.39, 0.29) is 11.8 Å². The summed E-state index contributed by atoms with van der Waals surface area (Å²) in [6, 6.07) is 4.17. The molecule has 2 N–H and O–H groups in total. The van der Waals surface area contributed by atoms with Crippen LogP contribution in [0.3, 0.4) is 0 Å². The van der Waals surface area contributed by atoms with Gasteiger partial charge in [0.15, 0.2) is 0 Å². The predicted octanol–water partition coefficient (Wildman–Crippen LogP) is 0.623. The monoisotopic (exact) mass is 346 g/mol. The average molecular weight is 346 g/mol. The molecule has 1 aromatic rings. The summed E-state index contributed by atoms with van der Waals surface area (Å²) >= 11 is 0. The molecule has 10 heteroatoms. The molecular weight excluding hydrogens is 328 g/mol. The van der Waals surface area contributed by atoms with Crippen molar-refractivity contribution in [3.8, 4) is 5.75 Å². The minimum Gasteiger partial charge on any atom is -0.377 e. The number of methoxy groups -OCH3 is 3. The number of rotatable bonds is 6. The molecule has 1 aromatic carbocycles. The van der Waals surface area contributed by atoms with Crippen molar-refractivity contribution in [1.29, 1.82) is 0 Å². The van der Waals surface area contributed by atoms with E-state index < -0.39 is 15.4 Å². The predicted molar refractivity (Wildman–Crippen MR) is 80.5 cm³/mol. The maximum atomic E-state index is 12.3. The zero-order chi connectivity index (χ0) is 17.1. The van der Waals surface area contributed by atoms with Gasteiger partial charge >= 0.3 is 21.5 Å². The lowest BCUT2D eigenvalue weighted by Gasteiger charge is -2.26. The normalized spacial score (nSPS) is 15.2. The Labute approximate surface area is 134 Å². The summed E-state index contributed by atoms with van der Waals surface area (Å²) < 4.78 is 44.0. The highest BCUT2D eigenvalue weighted by Gasteiger charge is 2.49. The second-order valence-corrected chi connectivity index (χ2v) is 6.17. The molecule has 0 radical (unpaired) electrons. The highest BCUT2D eigenvalue weighted by atomic mass is 32.2. The molecule has 23 heavy (non-hydrogen) atoms. The summed E-state index contributed by atoms with van der Waals surface area (Å²) in [5.41, 5.74) is 1.31. The molecule has 0 saturated carbocycles. The first-order valence-corrected chi connectivity index (χ1v) is 8.05. The van der Waals surface area contributed by atoms with Crippen molar-refractivity contribution in [2.24, 2.45) is 0 Å². The van der Waals surface area contributed by atoms with Crippen molar-refractivity contribution in [2.75, 3.05) is 33.2 Å². The van der Waals surface area contributed by atoms with Crippen LogP contribution in [-0.4, -0.2) is 47.6 Å². The number of hydrogen-bond acceptors (Lipinski definition) is 7. The molecule has 2 rings (SSSR count). The standard InChI is InChI=1S/C13H18N2O7S/c1-19-13(20-2,21-3)23(17,18)22-10-5-4-9-6-7-14-12(16)15-11(9)8-10/h4-5,8H,6-7H2,1-3H3,(H2,14,15,16). The fourth-order valence-electron chi connectivity index (χ4n) is 2.15. The minimum absolute atomic E-state index is 0.0125. The van der Waals surface area contributed by atoms with E-state index in [0.29, 0.717) is 18.7 Å². The van der Waals surface area contributed by atoms with Gasteiger partial charge in [-0.15, -0.1) is 0 Å². The van der Waals surface area contributed by atoms with Crippen LogP contribution in [0.1, 0.15) is 5.56 Å². The van der Waals surface area contributed by atoms with Crippen LogP contribution in [0.15, 0.2) is 18.2 Å². The number of anilines is 1. The Morgan fingerprint density at radius 1 is 1.13 bits per heavy atom. The molecule has 9 nitrogen and oxygen atoms in total. The smallest absolute Gasteiger partial charge is 0.377 e. The molecule has 128 valence electrons. The number of benzene rings is 1. The molecule has 1 heterocycles. The van der Waals surface area contributed by atoms with E-state index in [0.717, 1.165) is 26.9 Å². The van der Waals surface area contributed by atoms with Crippen molar-refractivity contribution in [3.63, 3.8) is 0 Å². The van der Waals surface area contributed by atoms with E-state index in [2.05, 4.69) is 10.6 Å². The Hall–Kier alpha value is -1.88. The van der Waals surface area contributed by atoms with E-state index in [1.54, 1.807) is 6.07 Å². The second-order valence-electron chi connectivity index (χ2n) is 4.60. The molecule has 0 aliphatic carbocycles. The van der Waals surface area contributed by atoms with Crippen LogP contribution in [0.2, 0.25) is 0 Å². The Kier molecular flexibility index (Phi) is 5.09. The van der Waals surface area contributed by atoms with Crippen LogP contribution >= 0.6 is 0 Å². The number of amides is 2.